The van der Waals surface area contributed by atoms with Crippen molar-refractivity contribution in [3.8, 4) is 0 Å². The van der Waals surface area contributed by atoms with E-state index < -0.39 is 22.3 Å². The number of ether oxygens (including phenoxy) is 1. The van der Waals surface area contributed by atoms with Gasteiger partial charge >= 0.3 is 5.69 Å². The molecular weight excluding hydrogens is 365 g/mol. The summed E-state index contributed by atoms with van der Waals surface area (Å²) in [7, 11) is 0. The van der Waals surface area contributed by atoms with E-state index in [2.05, 4.69) is 5.32 Å². The van der Waals surface area contributed by atoms with E-state index in [1.165, 1.54) is 11.0 Å². The number of aryl methyl sites for hydroxylation is 1. The highest BCUT2D eigenvalue weighted by Gasteiger charge is 2.25. The second-order valence-electron chi connectivity index (χ2n) is 6.93. The predicted molar refractivity (Wildman–Crippen MR) is 101 cm³/mol. The fourth-order valence-corrected chi connectivity index (χ4v) is 3.24. The maximum absolute atomic E-state index is 13.6. The van der Waals surface area contributed by atoms with E-state index in [0.717, 1.165) is 36.3 Å². The van der Waals surface area contributed by atoms with Gasteiger partial charge in [0.05, 0.1) is 18.1 Å². The van der Waals surface area contributed by atoms with Crippen molar-refractivity contribution in [1.82, 2.24) is 5.32 Å². The Bertz CT molecular complexity index is 851. The van der Waals surface area contributed by atoms with Crippen LogP contribution in [0.3, 0.4) is 0 Å². The molecule has 7 nitrogen and oxygen atoms in total. The fourth-order valence-electron chi connectivity index (χ4n) is 3.24. The molecule has 3 rings (SSSR count). The lowest BCUT2D eigenvalue weighted by atomic mass is 10.0. The molecule has 1 aliphatic heterocycles. The summed E-state index contributed by atoms with van der Waals surface area (Å²) >= 11 is 0. The zero-order valence-corrected chi connectivity index (χ0v) is 15.6. The smallest absolute Gasteiger partial charge is 0.305 e. The number of halogens is 1. The molecule has 0 bridgehead atoms. The number of morpholine rings is 1. The number of benzene rings is 2. The van der Waals surface area contributed by atoms with Crippen molar-refractivity contribution in [2.75, 3.05) is 32.8 Å². The van der Waals surface area contributed by atoms with Gasteiger partial charge in [0.15, 0.2) is 0 Å². The van der Waals surface area contributed by atoms with Crippen LogP contribution in [0.15, 0.2) is 42.5 Å². The molecule has 1 amide bonds. The normalized spacial score (nSPS) is 15.8. The second kappa shape index (κ2) is 8.90. The van der Waals surface area contributed by atoms with Crippen LogP contribution in [-0.4, -0.2) is 43.7 Å². The highest BCUT2D eigenvalue weighted by atomic mass is 19.1. The predicted octanol–water partition coefficient (Wildman–Crippen LogP) is 1.43. The molecule has 1 heterocycles. The second-order valence-corrected chi connectivity index (χ2v) is 6.93. The van der Waals surface area contributed by atoms with Crippen molar-refractivity contribution in [1.29, 1.82) is 0 Å². The molecule has 0 spiro atoms. The number of quaternary nitrogens is 1. The molecule has 148 valence electrons. The first kappa shape index (κ1) is 19.9. The van der Waals surface area contributed by atoms with Crippen molar-refractivity contribution in [3.63, 3.8) is 0 Å². The van der Waals surface area contributed by atoms with Gasteiger partial charge in [-0.15, -0.1) is 0 Å². The molecule has 2 N–H and O–H groups in total. The minimum Gasteiger partial charge on any atom is -0.370 e. The maximum Gasteiger partial charge on any atom is 0.305 e. The lowest BCUT2D eigenvalue weighted by Crippen LogP contribution is -3.14. The summed E-state index contributed by atoms with van der Waals surface area (Å²) in [5.74, 6) is -1.43. The lowest BCUT2D eigenvalue weighted by Gasteiger charge is -2.28. The number of nitrogens with zero attached hydrogens (tertiary/aromatic N) is 1. The van der Waals surface area contributed by atoms with Crippen molar-refractivity contribution < 1.29 is 23.7 Å². The van der Waals surface area contributed by atoms with Crippen molar-refractivity contribution >= 4 is 11.6 Å². The fraction of sp³-hybridized carbons (Fsp3) is 0.350. The zero-order valence-electron chi connectivity index (χ0n) is 15.6. The van der Waals surface area contributed by atoms with E-state index in [-0.39, 0.29) is 11.6 Å². The molecule has 2 aromatic carbocycles. The maximum atomic E-state index is 13.6. The number of carbonyl (C=O) groups excluding carboxylic acids is 1. The Kier molecular flexibility index (Phi) is 6.33. The Morgan fingerprint density at radius 2 is 1.93 bits per heavy atom. The molecule has 0 saturated carbocycles. The minimum absolute atomic E-state index is 0.0576. The van der Waals surface area contributed by atoms with Crippen LogP contribution in [0.4, 0.5) is 10.1 Å². The third kappa shape index (κ3) is 4.90. The lowest BCUT2D eigenvalue weighted by molar-refractivity contribution is -0.909. The SMILES string of the molecule is Cc1ccc([C@H](C[NH+]2CCOCC2)NC(=O)c2ccc(F)c([N+](=O)[O-])c2)cc1. The van der Waals surface area contributed by atoms with Crippen molar-refractivity contribution in [2.24, 2.45) is 0 Å². The number of nitrogens with one attached hydrogen (secondary N) is 2. The topological polar surface area (TPSA) is 85.9 Å². The van der Waals surface area contributed by atoms with E-state index in [1.54, 1.807) is 0 Å². The summed E-state index contributed by atoms with van der Waals surface area (Å²) in [5.41, 5.74) is 1.41. The van der Waals surface area contributed by atoms with E-state index in [1.807, 2.05) is 31.2 Å². The van der Waals surface area contributed by atoms with Gasteiger partial charge in [-0.2, -0.15) is 4.39 Å². The van der Waals surface area contributed by atoms with Gasteiger partial charge in [0.1, 0.15) is 25.7 Å². The van der Waals surface area contributed by atoms with Gasteiger partial charge in [0, 0.05) is 11.6 Å². The first-order valence-corrected chi connectivity index (χ1v) is 9.16. The van der Waals surface area contributed by atoms with Gasteiger partial charge in [0.25, 0.3) is 5.91 Å². The number of amides is 1. The molecule has 2 aromatic rings. The van der Waals surface area contributed by atoms with Gasteiger partial charge in [-0.3, -0.25) is 14.9 Å². The summed E-state index contributed by atoms with van der Waals surface area (Å²) in [6.07, 6.45) is 0. The van der Waals surface area contributed by atoms with Crippen molar-refractivity contribution in [3.05, 3.63) is 75.1 Å². The molecule has 28 heavy (non-hydrogen) atoms. The molecular formula is C20H23FN3O4+. The van der Waals surface area contributed by atoms with Gasteiger partial charge in [0.2, 0.25) is 5.82 Å². The van der Waals surface area contributed by atoms with Crippen LogP contribution < -0.4 is 10.2 Å². The quantitative estimate of drug-likeness (QED) is 0.579. The summed E-state index contributed by atoms with van der Waals surface area (Å²) in [5, 5.41) is 13.9. The Morgan fingerprint density at radius 1 is 1.25 bits per heavy atom. The highest BCUT2D eigenvalue weighted by molar-refractivity contribution is 5.95. The zero-order chi connectivity index (χ0) is 20.1. The molecule has 0 unspecified atom stereocenters. The molecule has 1 saturated heterocycles. The van der Waals surface area contributed by atoms with Gasteiger partial charge in [-0.1, -0.05) is 29.8 Å². The van der Waals surface area contributed by atoms with Gasteiger partial charge in [-0.05, 0) is 24.6 Å². The monoisotopic (exact) mass is 388 g/mol. The Hall–Kier alpha value is -2.84. The van der Waals surface area contributed by atoms with Gasteiger partial charge in [-0.25, -0.2) is 0 Å². The standard InChI is InChI=1S/C20H22FN3O4/c1-14-2-4-15(5-3-14)18(13-23-8-10-28-11-9-23)22-20(25)16-6-7-17(21)19(12-16)24(26)27/h2-7,12,18H,8-11,13H2,1H3,(H,22,25)/p+1/t18-/m0/s1. The van der Waals surface area contributed by atoms with E-state index in [0.29, 0.717) is 19.8 Å². The Balaban J connectivity index is 1.81. The average Bonchev–Trinajstić information content (AvgIpc) is 2.69. The first-order valence-electron chi connectivity index (χ1n) is 9.16. The van der Waals surface area contributed by atoms with Crippen LogP contribution in [0, 0.1) is 22.9 Å². The highest BCUT2D eigenvalue weighted by Crippen LogP contribution is 2.20. The van der Waals surface area contributed by atoms with E-state index in [9.17, 15) is 19.3 Å². The van der Waals surface area contributed by atoms with Crippen LogP contribution in [0.1, 0.15) is 27.5 Å². The van der Waals surface area contributed by atoms with Crippen molar-refractivity contribution in [2.45, 2.75) is 13.0 Å². The summed E-state index contributed by atoms with van der Waals surface area (Å²) in [6, 6.07) is 10.8. The largest absolute Gasteiger partial charge is 0.370 e. The number of carbonyl (C=O) groups is 1. The number of hydrogen-bond acceptors (Lipinski definition) is 4. The van der Waals surface area contributed by atoms with Gasteiger partial charge < -0.3 is 15.0 Å². The molecule has 0 aliphatic carbocycles. The number of rotatable bonds is 6. The molecule has 1 fully saturated rings. The summed E-state index contributed by atoms with van der Waals surface area (Å²) < 4.78 is 19.0. The van der Waals surface area contributed by atoms with Crippen LogP contribution >= 0.6 is 0 Å². The Morgan fingerprint density at radius 3 is 2.57 bits per heavy atom. The number of nitro benzene ring substituents is 1. The average molecular weight is 388 g/mol. The minimum atomic E-state index is -0.964. The van der Waals surface area contributed by atoms with E-state index >= 15 is 0 Å². The Labute approximate surface area is 162 Å². The van der Waals surface area contributed by atoms with Crippen LogP contribution in [0.2, 0.25) is 0 Å². The van der Waals surface area contributed by atoms with Crippen LogP contribution in [0.25, 0.3) is 0 Å². The molecule has 1 aliphatic rings. The molecule has 0 aromatic heterocycles. The van der Waals surface area contributed by atoms with E-state index in [4.69, 9.17) is 4.74 Å². The summed E-state index contributed by atoms with van der Waals surface area (Å²) in [4.78, 5) is 24.2. The number of nitro groups is 1. The number of hydrogen-bond donors (Lipinski definition) is 2. The molecule has 1 atom stereocenters. The molecule has 0 radical (unpaired) electrons. The van der Waals surface area contributed by atoms with Crippen LogP contribution in [0.5, 0.6) is 0 Å². The molecule has 8 heteroatoms. The van der Waals surface area contributed by atoms with Crippen LogP contribution in [-0.2, 0) is 4.74 Å². The summed E-state index contributed by atoms with van der Waals surface area (Å²) in [6.45, 7) is 5.70. The third-order valence-electron chi connectivity index (χ3n) is 4.88. The first-order chi connectivity index (χ1) is 13.4. The third-order valence-corrected chi connectivity index (χ3v) is 4.88.